The number of primary amides is 1. The number of halogens is 1. The summed E-state index contributed by atoms with van der Waals surface area (Å²) in [5, 5.41) is -0.0600. The van der Waals surface area contributed by atoms with E-state index in [1.54, 1.807) is 0 Å². The van der Waals surface area contributed by atoms with Gasteiger partial charge in [-0.05, 0) is 6.42 Å². The predicted octanol–water partition coefficient (Wildman–Crippen LogP) is 7.80. The van der Waals surface area contributed by atoms with Crippen molar-refractivity contribution < 1.29 is 4.79 Å². The molecule has 0 saturated heterocycles. The molecule has 164 valence electrons. The highest BCUT2D eigenvalue weighted by atomic mass is 35.5. The summed E-state index contributed by atoms with van der Waals surface area (Å²) in [6.45, 7) is 2.27. The van der Waals surface area contributed by atoms with Crippen molar-refractivity contribution in [2.45, 2.75) is 109 Å². The average Bonchev–Trinajstić information content (AvgIpc) is 2.67. The number of amides is 1. The Labute approximate surface area is 179 Å². The molecule has 4 heteroatoms. The summed E-state index contributed by atoms with van der Waals surface area (Å²) in [5.41, 5.74) is 5.11. The Morgan fingerprint density at radius 1 is 0.714 bits per heavy atom. The van der Waals surface area contributed by atoms with Crippen LogP contribution >= 0.6 is 11.6 Å². The van der Waals surface area contributed by atoms with E-state index in [0.29, 0.717) is 6.42 Å². The van der Waals surface area contributed by atoms with Crippen molar-refractivity contribution >= 4 is 17.5 Å². The second-order valence-corrected chi connectivity index (χ2v) is 8.07. The third-order valence-electron chi connectivity index (χ3n) is 4.71. The van der Waals surface area contributed by atoms with Gasteiger partial charge in [0.1, 0.15) is 0 Å². The van der Waals surface area contributed by atoms with Gasteiger partial charge < -0.3 is 11.9 Å². The number of nitrogens with two attached hydrogens (primary N) is 1. The van der Waals surface area contributed by atoms with Crippen LogP contribution in [0.25, 0.3) is 0 Å². The number of rotatable bonds is 16. The number of benzene rings is 1. The molecular formula is C24H45ClN2O. The van der Waals surface area contributed by atoms with E-state index in [1.807, 2.05) is 36.4 Å². The van der Waals surface area contributed by atoms with E-state index in [1.165, 1.54) is 77.0 Å². The molecule has 1 aromatic rings. The minimum absolute atomic E-state index is 0. The molecule has 1 unspecified atom stereocenters. The summed E-state index contributed by atoms with van der Waals surface area (Å²) >= 11 is 6.02. The summed E-state index contributed by atoms with van der Waals surface area (Å²) in [4.78, 5) is 10.7. The molecule has 0 fully saturated rings. The number of hydrogen-bond donors (Lipinski definition) is 2. The first-order valence-electron chi connectivity index (χ1n) is 11.1. The van der Waals surface area contributed by atoms with Gasteiger partial charge in [-0.15, -0.1) is 11.6 Å². The van der Waals surface area contributed by atoms with E-state index in [0.717, 1.165) is 12.8 Å². The van der Waals surface area contributed by atoms with Crippen molar-refractivity contribution in [2.75, 3.05) is 0 Å². The average molecular weight is 413 g/mol. The molecule has 1 atom stereocenters. The molecule has 1 aromatic carbocycles. The zero-order valence-electron chi connectivity index (χ0n) is 18.2. The molecule has 5 N–H and O–H groups in total. The zero-order valence-corrected chi connectivity index (χ0v) is 19.0. The van der Waals surface area contributed by atoms with Gasteiger partial charge >= 0.3 is 0 Å². The minimum atomic E-state index is -0.287. The fraction of sp³-hybridized carbons (Fsp3) is 0.708. The van der Waals surface area contributed by atoms with E-state index >= 15 is 0 Å². The molecule has 0 aliphatic rings. The standard InChI is InChI=1S/C18H36ClNO.C6H6.H3N/c1-2-3-4-5-6-7-8-9-10-11-12-13-14-15-17(19)16-18(20)21;1-2-4-6-5-3-1;/h17H,2-16H2,1H3,(H2,20,21);1-6H;1H3. The van der Waals surface area contributed by atoms with Crippen LogP contribution in [0, 0.1) is 0 Å². The number of hydrogen-bond acceptors (Lipinski definition) is 2. The van der Waals surface area contributed by atoms with Crippen molar-refractivity contribution in [3.8, 4) is 0 Å². The molecule has 0 saturated carbocycles. The van der Waals surface area contributed by atoms with Crippen LogP contribution < -0.4 is 11.9 Å². The Kier molecular flexibility index (Phi) is 25.0. The van der Waals surface area contributed by atoms with Gasteiger partial charge in [-0.2, -0.15) is 0 Å². The third kappa shape index (κ3) is 24.9. The lowest BCUT2D eigenvalue weighted by Crippen LogP contribution is -2.16. The van der Waals surface area contributed by atoms with Crippen LogP contribution in [0.4, 0.5) is 0 Å². The Morgan fingerprint density at radius 3 is 1.36 bits per heavy atom. The van der Waals surface area contributed by atoms with Crippen molar-refractivity contribution in [3.05, 3.63) is 36.4 Å². The van der Waals surface area contributed by atoms with Gasteiger partial charge in [-0.1, -0.05) is 127 Å². The zero-order chi connectivity index (χ0) is 20.0. The SMILES string of the molecule is CCCCCCCCCCCCCCCC(Cl)CC(N)=O.N.c1ccccc1. The van der Waals surface area contributed by atoms with E-state index in [9.17, 15) is 4.79 Å². The van der Waals surface area contributed by atoms with Crippen molar-refractivity contribution in [1.82, 2.24) is 6.15 Å². The lowest BCUT2D eigenvalue weighted by molar-refractivity contribution is -0.118. The van der Waals surface area contributed by atoms with Crippen molar-refractivity contribution in [2.24, 2.45) is 5.73 Å². The topological polar surface area (TPSA) is 78.1 Å². The first kappa shape index (κ1) is 29.1. The van der Waals surface area contributed by atoms with Crippen molar-refractivity contribution in [3.63, 3.8) is 0 Å². The van der Waals surface area contributed by atoms with E-state index in [2.05, 4.69) is 6.92 Å². The highest BCUT2D eigenvalue weighted by Crippen LogP contribution is 2.15. The van der Waals surface area contributed by atoms with Gasteiger partial charge in [0.25, 0.3) is 0 Å². The summed E-state index contributed by atoms with van der Waals surface area (Å²) in [5.74, 6) is -0.287. The number of alkyl halides is 1. The van der Waals surface area contributed by atoms with Crippen LogP contribution in [-0.2, 0) is 4.79 Å². The maximum absolute atomic E-state index is 10.7. The molecule has 0 radical (unpaired) electrons. The Balaban J connectivity index is 0. The Bertz CT molecular complexity index is 388. The maximum Gasteiger partial charge on any atom is 0.218 e. The van der Waals surface area contributed by atoms with Crippen molar-refractivity contribution in [1.29, 1.82) is 0 Å². The molecular weight excluding hydrogens is 368 g/mol. The Hall–Kier alpha value is -1.06. The van der Waals surface area contributed by atoms with Gasteiger partial charge in [0, 0.05) is 11.8 Å². The fourth-order valence-corrected chi connectivity index (χ4v) is 3.40. The molecule has 0 aliphatic heterocycles. The highest BCUT2D eigenvalue weighted by molar-refractivity contribution is 6.21. The van der Waals surface area contributed by atoms with Gasteiger partial charge in [0.05, 0.1) is 0 Å². The van der Waals surface area contributed by atoms with Crippen LogP contribution in [0.15, 0.2) is 36.4 Å². The Morgan fingerprint density at radius 2 is 1.04 bits per heavy atom. The first-order valence-corrected chi connectivity index (χ1v) is 11.5. The van der Waals surface area contributed by atoms with Crippen LogP contribution in [0.3, 0.4) is 0 Å². The van der Waals surface area contributed by atoms with Crippen LogP contribution in [0.2, 0.25) is 0 Å². The first-order chi connectivity index (χ1) is 13.2. The quantitative estimate of drug-likeness (QED) is 0.214. The monoisotopic (exact) mass is 412 g/mol. The predicted molar refractivity (Wildman–Crippen MR) is 125 cm³/mol. The lowest BCUT2D eigenvalue weighted by Gasteiger charge is -2.06. The molecule has 1 amide bonds. The summed E-state index contributed by atoms with van der Waals surface area (Å²) in [7, 11) is 0. The highest BCUT2D eigenvalue weighted by Gasteiger charge is 2.07. The second kappa shape index (κ2) is 24.0. The third-order valence-corrected chi connectivity index (χ3v) is 5.08. The molecule has 1 rings (SSSR count). The van der Waals surface area contributed by atoms with Crippen LogP contribution in [-0.4, -0.2) is 11.3 Å². The van der Waals surface area contributed by atoms with Gasteiger partial charge in [0.2, 0.25) is 5.91 Å². The van der Waals surface area contributed by atoms with Gasteiger partial charge in [-0.25, -0.2) is 0 Å². The maximum atomic E-state index is 10.7. The number of carbonyl (C=O) groups is 1. The molecule has 28 heavy (non-hydrogen) atoms. The smallest absolute Gasteiger partial charge is 0.218 e. The molecule has 0 aromatic heterocycles. The van der Waals surface area contributed by atoms with E-state index in [-0.39, 0.29) is 17.4 Å². The largest absolute Gasteiger partial charge is 0.370 e. The molecule has 3 nitrogen and oxygen atoms in total. The van der Waals surface area contributed by atoms with Gasteiger partial charge in [0.15, 0.2) is 0 Å². The number of unbranched alkanes of at least 4 members (excludes halogenated alkanes) is 12. The summed E-state index contributed by atoms with van der Waals surface area (Å²) < 4.78 is 0. The molecule has 0 heterocycles. The molecule has 0 bridgehead atoms. The van der Waals surface area contributed by atoms with E-state index < -0.39 is 0 Å². The normalized spacial score (nSPS) is 11.1. The fourth-order valence-electron chi connectivity index (χ4n) is 3.09. The minimum Gasteiger partial charge on any atom is -0.370 e. The summed E-state index contributed by atoms with van der Waals surface area (Å²) in [6, 6.07) is 12.0. The molecule has 0 aliphatic carbocycles. The number of carbonyl (C=O) groups excluding carboxylic acids is 1. The van der Waals surface area contributed by atoms with Gasteiger partial charge in [-0.3, -0.25) is 4.79 Å². The van der Waals surface area contributed by atoms with Crippen LogP contribution in [0.1, 0.15) is 103 Å². The lowest BCUT2D eigenvalue weighted by atomic mass is 10.0. The van der Waals surface area contributed by atoms with E-state index in [4.69, 9.17) is 17.3 Å². The second-order valence-electron chi connectivity index (χ2n) is 7.45. The van der Waals surface area contributed by atoms with Crippen LogP contribution in [0.5, 0.6) is 0 Å². The molecule has 0 spiro atoms. The summed E-state index contributed by atoms with van der Waals surface area (Å²) in [6.07, 6.45) is 18.9.